The van der Waals surface area contributed by atoms with Gasteiger partial charge in [-0.05, 0) is 69.4 Å². The molecule has 0 fully saturated rings. The first kappa shape index (κ1) is 24.3. The van der Waals surface area contributed by atoms with E-state index in [-0.39, 0.29) is 0 Å². The second kappa shape index (κ2) is 11.1. The number of nitriles is 2. The fourth-order valence-corrected chi connectivity index (χ4v) is 4.59. The van der Waals surface area contributed by atoms with E-state index in [1.165, 1.54) is 22.5 Å². The molecular weight excluding hydrogens is 464 g/mol. The van der Waals surface area contributed by atoms with Crippen LogP contribution in [0.25, 0.3) is 44.3 Å². The number of aromatic nitrogens is 1. The summed E-state index contributed by atoms with van der Waals surface area (Å²) >= 11 is 0. The average Bonchev–Trinajstić information content (AvgIpc) is 2.99. The maximum atomic E-state index is 9.20. The van der Waals surface area contributed by atoms with Crippen molar-refractivity contribution in [3.8, 4) is 45.6 Å². The molecule has 0 aliphatic heterocycles. The Balaban J connectivity index is 1.46. The molecule has 1 aromatic heterocycles. The van der Waals surface area contributed by atoms with E-state index in [4.69, 9.17) is 5.73 Å². The highest BCUT2D eigenvalue weighted by molar-refractivity contribution is 6.04. The first-order valence-electron chi connectivity index (χ1n) is 12.3. The number of allylic oxidation sites excluding steroid dienone is 3. The van der Waals surface area contributed by atoms with Crippen LogP contribution in [0.15, 0.2) is 127 Å². The monoisotopic (exact) mass is 488 g/mol. The summed E-state index contributed by atoms with van der Waals surface area (Å²) in [5.41, 5.74) is 14.0. The van der Waals surface area contributed by atoms with Gasteiger partial charge < -0.3 is 5.73 Å². The van der Waals surface area contributed by atoms with E-state index in [2.05, 4.69) is 102 Å². The van der Waals surface area contributed by atoms with Gasteiger partial charge in [0.25, 0.3) is 0 Å². The van der Waals surface area contributed by atoms with Crippen molar-refractivity contribution >= 4 is 10.8 Å². The van der Waals surface area contributed by atoms with Crippen LogP contribution in [-0.4, -0.2) is 4.98 Å². The van der Waals surface area contributed by atoms with Gasteiger partial charge >= 0.3 is 0 Å². The molecule has 2 N–H and O–H groups in total. The number of nitrogens with zero attached hydrogens (tertiary/aromatic N) is 3. The van der Waals surface area contributed by atoms with Crippen LogP contribution >= 0.6 is 0 Å². The Kier molecular flexibility index (Phi) is 7.07. The molecule has 0 aliphatic carbocycles. The SMILES string of the molecule is N#CC(/C=C\N)=C/Cc1ccc(-c2cccc3c(-c4ccc(-c5cc(C#N)ccn5)cc4)cccc23)cc1. The lowest BCUT2D eigenvalue weighted by atomic mass is 9.92. The lowest BCUT2D eigenvalue weighted by Gasteiger charge is -2.12. The number of benzene rings is 4. The largest absolute Gasteiger partial charge is 0.405 e. The maximum Gasteiger partial charge on any atom is 0.0992 e. The van der Waals surface area contributed by atoms with E-state index >= 15 is 0 Å². The van der Waals surface area contributed by atoms with E-state index in [9.17, 15) is 10.5 Å². The summed E-state index contributed by atoms with van der Waals surface area (Å²) in [6.07, 6.45) is 7.20. The van der Waals surface area contributed by atoms with E-state index in [1.54, 1.807) is 24.4 Å². The Hall–Kier alpha value is -5.45. The molecule has 4 heteroatoms. The minimum absolute atomic E-state index is 0.554. The molecule has 0 amide bonds. The van der Waals surface area contributed by atoms with Crippen molar-refractivity contribution < 1.29 is 0 Å². The van der Waals surface area contributed by atoms with Crippen molar-refractivity contribution in [2.45, 2.75) is 6.42 Å². The summed E-state index contributed by atoms with van der Waals surface area (Å²) in [4.78, 5) is 4.42. The van der Waals surface area contributed by atoms with Crippen LogP contribution < -0.4 is 5.73 Å². The second-order valence-corrected chi connectivity index (χ2v) is 8.86. The van der Waals surface area contributed by atoms with Crippen LogP contribution in [0.5, 0.6) is 0 Å². The first-order valence-corrected chi connectivity index (χ1v) is 12.3. The standard InChI is InChI=1S/C34H24N4/c35-19-17-25(22-36)8-7-24-9-11-27(12-10-24)30-3-1-6-33-31(4-2-5-32(30)33)28-13-15-29(16-14-28)34-21-26(23-37)18-20-38-34/h1-6,8-21H,7,35H2/b19-17-,25-8+. The zero-order chi connectivity index (χ0) is 26.3. The summed E-state index contributed by atoms with van der Waals surface area (Å²) < 4.78 is 0. The molecule has 4 nitrogen and oxygen atoms in total. The molecule has 0 aliphatic rings. The van der Waals surface area contributed by atoms with Crippen LogP contribution in [0, 0.1) is 22.7 Å². The van der Waals surface area contributed by atoms with E-state index in [0.29, 0.717) is 17.6 Å². The summed E-state index contributed by atoms with van der Waals surface area (Å²) in [7, 11) is 0. The molecule has 4 aromatic carbocycles. The summed E-state index contributed by atoms with van der Waals surface area (Å²) in [6.45, 7) is 0. The normalized spacial score (nSPS) is 11.4. The van der Waals surface area contributed by atoms with Gasteiger partial charge in [-0.2, -0.15) is 10.5 Å². The maximum absolute atomic E-state index is 9.20. The molecule has 180 valence electrons. The summed E-state index contributed by atoms with van der Waals surface area (Å²) in [6, 6.07) is 37.4. The minimum atomic E-state index is 0.554. The highest BCUT2D eigenvalue weighted by Gasteiger charge is 2.09. The van der Waals surface area contributed by atoms with Crippen molar-refractivity contribution in [2.75, 3.05) is 0 Å². The molecule has 0 radical (unpaired) electrons. The van der Waals surface area contributed by atoms with Gasteiger partial charge in [-0.3, -0.25) is 4.98 Å². The lowest BCUT2D eigenvalue weighted by Crippen LogP contribution is -1.88. The van der Waals surface area contributed by atoms with Gasteiger partial charge in [-0.1, -0.05) is 91.0 Å². The van der Waals surface area contributed by atoms with Gasteiger partial charge in [0.2, 0.25) is 0 Å². The van der Waals surface area contributed by atoms with Gasteiger partial charge in [0.15, 0.2) is 0 Å². The highest BCUT2D eigenvalue weighted by atomic mass is 14.7. The van der Waals surface area contributed by atoms with Crippen LogP contribution in [0.4, 0.5) is 0 Å². The Morgan fingerprint density at radius 3 is 1.95 bits per heavy atom. The predicted molar refractivity (Wildman–Crippen MR) is 153 cm³/mol. The topological polar surface area (TPSA) is 86.5 Å². The van der Waals surface area contributed by atoms with Crippen LogP contribution in [0.1, 0.15) is 11.1 Å². The minimum Gasteiger partial charge on any atom is -0.405 e. The van der Waals surface area contributed by atoms with Crippen molar-refractivity contribution in [1.29, 1.82) is 10.5 Å². The third-order valence-corrected chi connectivity index (χ3v) is 6.53. The Bertz CT molecular complexity index is 1750. The molecular formula is C34H24N4. The van der Waals surface area contributed by atoms with E-state index < -0.39 is 0 Å². The Morgan fingerprint density at radius 1 is 0.763 bits per heavy atom. The number of pyridine rings is 1. The Morgan fingerprint density at radius 2 is 1.37 bits per heavy atom. The first-order chi connectivity index (χ1) is 18.7. The van der Waals surface area contributed by atoms with Crippen LogP contribution in [0.2, 0.25) is 0 Å². The fraction of sp³-hybridized carbons (Fsp3) is 0.0294. The van der Waals surface area contributed by atoms with Crippen molar-refractivity contribution in [1.82, 2.24) is 4.98 Å². The van der Waals surface area contributed by atoms with Crippen LogP contribution in [-0.2, 0) is 6.42 Å². The van der Waals surface area contributed by atoms with E-state index in [0.717, 1.165) is 33.5 Å². The third kappa shape index (κ3) is 5.07. The van der Waals surface area contributed by atoms with Gasteiger partial charge in [0, 0.05) is 17.3 Å². The molecule has 38 heavy (non-hydrogen) atoms. The number of nitrogens with two attached hydrogens (primary N) is 1. The smallest absolute Gasteiger partial charge is 0.0992 e. The second-order valence-electron chi connectivity index (χ2n) is 8.86. The molecule has 0 atom stereocenters. The molecule has 0 bridgehead atoms. The number of hydrogen-bond acceptors (Lipinski definition) is 4. The quantitative estimate of drug-likeness (QED) is 0.197. The lowest BCUT2D eigenvalue weighted by molar-refractivity contribution is 1.25. The highest BCUT2D eigenvalue weighted by Crippen LogP contribution is 2.35. The molecule has 0 unspecified atom stereocenters. The van der Waals surface area contributed by atoms with Gasteiger partial charge in [-0.15, -0.1) is 0 Å². The van der Waals surface area contributed by atoms with Crippen molar-refractivity contribution in [3.05, 3.63) is 138 Å². The van der Waals surface area contributed by atoms with Gasteiger partial charge in [-0.25, -0.2) is 0 Å². The molecule has 0 saturated heterocycles. The van der Waals surface area contributed by atoms with Gasteiger partial charge in [0.1, 0.15) is 0 Å². The third-order valence-electron chi connectivity index (χ3n) is 6.53. The number of fused-ring (bicyclic) bond motifs is 1. The molecule has 0 saturated carbocycles. The summed E-state index contributed by atoms with van der Waals surface area (Å²) in [5, 5.41) is 20.7. The van der Waals surface area contributed by atoms with Crippen molar-refractivity contribution in [3.63, 3.8) is 0 Å². The molecule has 5 aromatic rings. The Labute approximate surface area is 222 Å². The predicted octanol–water partition coefficient (Wildman–Crippen LogP) is 7.57. The number of rotatable bonds is 6. The van der Waals surface area contributed by atoms with Gasteiger partial charge in [0.05, 0.1) is 23.4 Å². The molecule has 1 heterocycles. The molecule has 0 spiro atoms. The van der Waals surface area contributed by atoms with Crippen LogP contribution in [0.3, 0.4) is 0 Å². The summed E-state index contributed by atoms with van der Waals surface area (Å²) in [5.74, 6) is 0. The average molecular weight is 489 g/mol. The van der Waals surface area contributed by atoms with Crippen molar-refractivity contribution in [2.24, 2.45) is 5.73 Å². The zero-order valence-electron chi connectivity index (χ0n) is 20.7. The van der Waals surface area contributed by atoms with E-state index in [1.807, 2.05) is 6.08 Å². The zero-order valence-corrected chi connectivity index (χ0v) is 20.7. The number of hydrogen-bond donors (Lipinski definition) is 1. The fourth-order valence-electron chi connectivity index (χ4n) is 4.59. The molecule has 5 rings (SSSR count).